The van der Waals surface area contributed by atoms with Gasteiger partial charge in [0.2, 0.25) is 0 Å². The summed E-state index contributed by atoms with van der Waals surface area (Å²) in [6, 6.07) is 0. The summed E-state index contributed by atoms with van der Waals surface area (Å²) in [6.45, 7) is 6.76. The molecule has 0 radical (unpaired) electrons. The van der Waals surface area contributed by atoms with Gasteiger partial charge in [0.15, 0.2) is 0 Å². The van der Waals surface area contributed by atoms with Crippen LogP contribution < -0.4 is 10.2 Å². The predicted molar refractivity (Wildman–Crippen MR) is 225 cm³/mol. The van der Waals surface area contributed by atoms with Gasteiger partial charge >= 0.3 is 29.0 Å². The molecule has 0 spiro atoms. The van der Waals surface area contributed by atoms with Gasteiger partial charge in [0.05, 0.1) is 0 Å². The van der Waals surface area contributed by atoms with E-state index in [-0.39, 0.29) is 35.9 Å². The summed E-state index contributed by atoms with van der Waals surface area (Å²) in [5.74, 6) is -2.47. The molecule has 0 saturated carbocycles. The maximum atomic E-state index is 10.3. The van der Waals surface area contributed by atoms with E-state index in [0.717, 1.165) is 38.5 Å². The van der Waals surface area contributed by atoms with Gasteiger partial charge in [-0.15, -0.1) is 0 Å². The van der Waals surface area contributed by atoms with Crippen LogP contribution in [0, 0.1) is 0 Å². The summed E-state index contributed by atoms with van der Waals surface area (Å²) in [5.41, 5.74) is 0. The van der Waals surface area contributed by atoms with Gasteiger partial charge in [-0.05, 0) is 32.1 Å². The van der Waals surface area contributed by atoms with Crippen LogP contribution in [0.1, 0.15) is 278 Å². The number of carboxylic acids is 3. The average Bonchev–Trinajstić information content (AvgIpc) is 3.11. The number of aliphatic carboxylic acids is 3. The van der Waals surface area contributed by atoms with Crippen LogP contribution in [0.4, 0.5) is 0 Å². The molecule has 7 heteroatoms. The summed E-state index contributed by atoms with van der Waals surface area (Å²) in [7, 11) is 0. The first kappa shape index (κ1) is 58.9. The van der Waals surface area contributed by atoms with Crippen LogP contribution in [0.3, 0.4) is 0 Å². The molecule has 0 aromatic carbocycles. The predicted octanol–water partition coefficient (Wildman–Crippen LogP) is 12.8. The van der Waals surface area contributed by atoms with Gasteiger partial charge in [-0.25, -0.2) is 0 Å². The summed E-state index contributed by atoms with van der Waals surface area (Å²) in [6.07, 6.45) is 48.2. The van der Waals surface area contributed by atoms with Crippen LogP contribution >= 0.6 is 0 Å². The zero-order valence-electron chi connectivity index (χ0n) is 36.0. The van der Waals surface area contributed by atoms with Crippen molar-refractivity contribution >= 4 is 41.0 Å². The van der Waals surface area contributed by atoms with E-state index in [1.807, 2.05) is 0 Å². The Hall–Kier alpha value is -0.824. The second-order valence-electron chi connectivity index (χ2n) is 15.4. The third-order valence-corrected chi connectivity index (χ3v) is 9.96. The summed E-state index contributed by atoms with van der Waals surface area (Å²) >= 11 is 0. The Kier molecular flexibility index (Phi) is 61.7. The number of carbonyl (C=O) groups excluding carboxylic acids is 2. The molecule has 0 bridgehead atoms. The molecule has 0 unspecified atom stereocenters. The van der Waals surface area contributed by atoms with Gasteiger partial charge in [0.25, 0.3) is 0 Å². The molecular weight excluding hydrogens is 673 g/mol. The minimum absolute atomic E-state index is 0. The first-order chi connectivity index (χ1) is 25.3. The molecule has 0 aliphatic rings. The smallest absolute Gasteiger partial charge is 0.550 e. The minimum atomic E-state index is -0.905. The average molecular weight is 764 g/mol. The van der Waals surface area contributed by atoms with Crippen LogP contribution in [0.15, 0.2) is 0 Å². The Balaban J connectivity index is -0.000000337. The fourth-order valence-electron chi connectivity index (χ4n) is 6.51. The van der Waals surface area contributed by atoms with Crippen molar-refractivity contribution in [2.45, 2.75) is 278 Å². The Morgan fingerprint density at radius 3 is 0.604 bits per heavy atom. The summed E-state index contributed by atoms with van der Waals surface area (Å²) in [5, 5.41) is 28.8. The number of rotatable bonds is 40. The van der Waals surface area contributed by atoms with Crippen molar-refractivity contribution in [3.05, 3.63) is 0 Å². The van der Waals surface area contributed by atoms with Crippen molar-refractivity contribution in [3.8, 4) is 0 Å². The third-order valence-electron chi connectivity index (χ3n) is 9.96. The van der Waals surface area contributed by atoms with Crippen molar-refractivity contribution in [1.29, 1.82) is 0 Å². The molecule has 0 aliphatic carbocycles. The van der Waals surface area contributed by atoms with Crippen LogP contribution in [-0.4, -0.2) is 46.1 Å². The molecular formula is C46H90MgO6. The standard InChI is InChI=1S/2C16H32O2.C14H28O2.Mg/c2*1-2-3-4-5-6-7-8-9-10-11-12-13-14-15-16(17)18;1-2-3-4-5-6-7-8-9-10-11-12-13-14(15)16;/h2*2-15H2,1H3,(H,17,18);2-13H2,1H3,(H,15,16);/q;;;+2/p-2. The van der Waals surface area contributed by atoms with Crippen LogP contribution in [-0.2, 0) is 14.4 Å². The maximum absolute atomic E-state index is 10.3. The van der Waals surface area contributed by atoms with Gasteiger partial charge in [-0.2, -0.15) is 0 Å². The molecule has 0 aromatic heterocycles. The van der Waals surface area contributed by atoms with Crippen molar-refractivity contribution in [2.24, 2.45) is 0 Å². The number of unbranched alkanes of at least 4 members (excludes halogenated alkanes) is 34. The van der Waals surface area contributed by atoms with Gasteiger partial charge < -0.3 is 24.9 Å². The molecule has 312 valence electrons. The van der Waals surface area contributed by atoms with Gasteiger partial charge in [0, 0.05) is 18.4 Å². The quantitative estimate of drug-likeness (QED) is 0.0490. The molecule has 0 aromatic rings. The van der Waals surface area contributed by atoms with Crippen molar-refractivity contribution in [3.63, 3.8) is 0 Å². The van der Waals surface area contributed by atoms with E-state index in [1.54, 1.807) is 0 Å². The van der Waals surface area contributed by atoms with E-state index in [0.29, 0.717) is 6.42 Å². The molecule has 0 amide bonds. The molecule has 0 heterocycles. The van der Waals surface area contributed by atoms with E-state index in [1.165, 1.54) is 199 Å². The first-order valence-corrected chi connectivity index (χ1v) is 22.9. The molecule has 0 aliphatic heterocycles. The zero-order valence-corrected chi connectivity index (χ0v) is 37.4. The van der Waals surface area contributed by atoms with Gasteiger partial charge in [-0.1, -0.05) is 239 Å². The SMILES string of the molecule is CCCCCCCCCCCCCC(=O)O.CCCCCCCCCCCCCCCC(=O)[O-].CCCCCCCCCCCCCCCC(=O)[O-].[Mg+2]. The van der Waals surface area contributed by atoms with E-state index >= 15 is 0 Å². The largest absolute Gasteiger partial charge is 2.00 e. The first-order valence-electron chi connectivity index (χ1n) is 22.9. The molecule has 0 saturated heterocycles. The minimum Gasteiger partial charge on any atom is -0.550 e. The van der Waals surface area contributed by atoms with Crippen molar-refractivity contribution in [1.82, 2.24) is 0 Å². The number of carboxylic acid groups (broad SMARTS) is 3. The number of hydrogen-bond acceptors (Lipinski definition) is 5. The molecule has 1 N–H and O–H groups in total. The fraction of sp³-hybridized carbons (Fsp3) is 0.935. The number of carbonyl (C=O) groups is 3. The maximum Gasteiger partial charge on any atom is 2.00 e. The molecule has 0 fully saturated rings. The van der Waals surface area contributed by atoms with Crippen molar-refractivity contribution < 1.29 is 29.7 Å². The Bertz CT molecular complexity index is 662. The Morgan fingerprint density at radius 1 is 0.302 bits per heavy atom. The van der Waals surface area contributed by atoms with Crippen molar-refractivity contribution in [2.75, 3.05) is 0 Å². The van der Waals surface area contributed by atoms with Crippen LogP contribution in [0.25, 0.3) is 0 Å². The van der Waals surface area contributed by atoms with Gasteiger partial charge in [0.1, 0.15) is 0 Å². The van der Waals surface area contributed by atoms with E-state index in [9.17, 15) is 24.6 Å². The second-order valence-corrected chi connectivity index (χ2v) is 15.4. The number of hydrogen-bond donors (Lipinski definition) is 1. The monoisotopic (exact) mass is 763 g/mol. The fourth-order valence-corrected chi connectivity index (χ4v) is 6.51. The summed E-state index contributed by atoms with van der Waals surface area (Å²) < 4.78 is 0. The molecule has 6 nitrogen and oxygen atoms in total. The molecule has 0 atom stereocenters. The third kappa shape index (κ3) is 69.6. The Labute approximate surface area is 346 Å². The van der Waals surface area contributed by atoms with E-state index in [2.05, 4.69) is 20.8 Å². The second kappa shape index (κ2) is 55.5. The van der Waals surface area contributed by atoms with Crippen LogP contribution in [0.5, 0.6) is 0 Å². The molecule has 0 rings (SSSR count). The van der Waals surface area contributed by atoms with E-state index < -0.39 is 17.9 Å². The Morgan fingerprint density at radius 2 is 0.453 bits per heavy atom. The van der Waals surface area contributed by atoms with Crippen LogP contribution in [0.2, 0.25) is 0 Å². The zero-order chi connectivity index (χ0) is 39.0. The topological polar surface area (TPSA) is 118 Å². The molecule has 53 heavy (non-hydrogen) atoms. The normalized spacial score (nSPS) is 10.5. The summed E-state index contributed by atoms with van der Waals surface area (Å²) in [4.78, 5) is 30.6. The van der Waals surface area contributed by atoms with Gasteiger partial charge in [-0.3, -0.25) is 4.79 Å². The van der Waals surface area contributed by atoms with E-state index in [4.69, 9.17) is 5.11 Å².